The second kappa shape index (κ2) is 8.97. The lowest BCUT2D eigenvalue weighted by Gasteiger charge is -2.34. The summed E-state index contributed by atoms with van der Waals surface area (Å²) in [6, 6.07) is 15.1. The first-order chi connectivity index (χ1) is 12.2. The molecule has 2 heterocycles. The zero-order valence-electron chi connectivity index (χ0n) is 15.6. The summed E-state index contributed by atoms with van der Waals surface area (Å²) in [7, 11) is 2.08. The van der Waals surface area contributed by atoms with Gasteiger partial charge in [0, 0.05) is 59.1 Å². The quantitative estimate of drug-likeness (QED) is 0.774. The second-order valence-electron chi connectivity index (χ2n) is 6.89. The highest BCUT2D eigenvalue weighted by Crippen LogP contribution is 2.13. The molecule has 0 unspecified atom stereocenters. The first-order valence-corrected chi connectivity index (χ1v) is 9.39. The third kappa shape index (κ3) is 5.28. The van der Waals surface area contributed by atoms with E-state index < -0.39 is 0 Å². The van der Waals surface area contributed by atoms with Gasteiger partial charge in [0.1, 0.15) is 5.82 Å². The van der Waals surface area contributed by atoms with Crippen molar-refractivity contribution in [2.45, 2.75) is 19.9 Å². The number of hydrogen-bond acceptors (Lipinski definition) is 4. The first kappa shape index (κ1) is 17.9. The van der Waals surface area contributed by atoms with Gasteiger partial charge < -0.3 is 9.80 Å². The van der Waals surface area contributed by atoms with Crippen LogP contribution in [0, 0.1) is 0 Å². The van der Waals surface area contributed by atoms with Crippen LogP contribution in [0.1, 0.15) is 18.1 Å². The van der Waals surface area contributed by atoms with Crippen molar-refractivity contribution in [3.8, 4) is 0 Å². The van der Waals surface area contributed by atoms with Crippen molar-refractivity contribution in [2.24, 2.45) is 0 Å². The molecule has 2 aromatic rings. The van der Waals surface area contributed by atoms with Gasteiger partial charge in [-0.1, -0.05) is 36.4 Å². The predicted octanol–water partition coefficient (Wildman–Crippen LogP) is 2.90. The van der Waals surface area contributed by atoms with Gasteiger partial charge in [0.05, 0.1) is 0 Å². The lowest BCUT2D eigenvalue weighted by molar-refractivity contribution is 0.128. The summed E-state index contributed by atoms with van der Waals surface area (Å²) < 4.78 is 0. The normalized spacial score (nSPS) is 16.1. The molecule has 1 aliphatic rings. The van der Waals surface area contributed by atoms with Crippen LogP contribution in [0.2, 0.25) is 0 Å². The number of anilines is 1. The molecule has 1 aromatic carbocycles. The fourth-order valence-electron chi connectivity index (χ4n) is 3.26. The minimum absolute atomic E-state index is 0.983. The summed E-state index contributed by atoms with van der Waals surface area (Å²) in [6.07, 6.45) is 3.18. The molecule has 1 aliphatic heterocycles. The van der Waals surface area contributed by atoms with Crippen molar-refractivity contribution in [3.05, 3.63) is 59.8 Å². The van der Waals surface area contributed by atoms with Gasteiger partial charge in [-0.2, -0.15) is 0 Å². The van der Waals surface area contributed by atoms with E-state index in [2.05, 4.69) is 76.1 Å². The highest BCUT2D eigenvalue weighted by atomic mass is 15.3. The summed E-state index contributed by atoms with van der Waals surface area (Å²) in [4.78, 5) is 11.9. The maximum absolute atomic E-state index is 4.58. The van der Waals surface area contributed by atoms with Crippen molar-refractivity contribution >= 4 is 5.82 Å². The Morgan fingerprint density at radius 1 is 0.920 bits per heavy atom. The number of pyridine rings is 1. The Kier molecular flexibility index (Phi) is 6.42. The van der Waals surface area contributed by atoms with E-state index in [9.17, 15) is 0 Å². The molecular formula is C21H30N4. The number of benzene rings is 1. The zero-order valence-corrected chi connectivity index (χ0v) is 15.6. The Bertz CT molecular complexity index is 618. The fraction of sp³-hybridized carbons (Fsp3) is 0.476. The Hall–Kier alpha value is -1.91. The molecule has 3 rings (SSSR count). The van der Waals surface area contributed by atoms with E-state index in [1.54, 1.807) is 0 Å². The van der Waals surface area contributed by atoms with Gasteiger partial charge >= 0.3 is 0 Å². The molecule has 1 saturated heterocycles. The van der Waals surface area contributed by atoms with E-state index in [1.807, 2.05) is 6.20 Å². The van der Waals surface area contributed by atoms with Crippen molar-refractivity contribution in [1.29, 1.82) is 0 Å². The lowest BCUT2D eigenvalue weighted by Crippen LogP contribution is -2.46. The van der Waals surface area contributed by atoms with Crippen LogP contribution in [0.25, 0.3) is 0 Å². The van der Waals surface area contributed by atoms with Gasteiger partial charge in [-0.3, -0.25) is 4.90 Å². The van der Waals surface area contributed by atoms with Crippen molar-refractivity contribution in [2.75, 3.05) is 51.2 Å². The fourth-order valence-corrected chi connectivity index (χ4v) is 3.26. The van der Waals surface area contributed by atoms with E-state index in [0.717, 1.165) is 58.1 Å². The SMILES string of the molecule is CCN(C)c1ccc(CN2CCN(CCc3ccccc3)CC2)cn1. The molecule has 25 heavy (non-hydrogen) atoms. The Labute approximate surface area is 152 Å². The third-order valence-corrected chi connectivity index (χ3v) is 5.11. The average Bonchev–Trinajstić information content (AvgIpc) is 2.68. The monoisotopic (exact) mass is 338 g/mol. The molecule has 1 fully saturated rings. The van der Waals surface area contributed by atoms with E-state index >= 15 is 0 Å². The van der Waals surface area contributed by atoms with Crippen LogP contribution in [0.15, 0.2) is 48.7 Å². The molecule has 0 atom stereocenters. The summed E-state index contributed by atoms with van der Waals surface area (Å²) in [6.45, 7) is 9.92. The third-order valence-electron chi connectivity index (χ3n) is 5.11. The molecule has 134 valence electrons. The molecule has 4 heteroatoms. The maximum Gasteiger partial charge on any atom is 0.128 e. The van der Waals surface area contributed by atoms with Crippen LogP contribution >= 0.6 is 0 Å². The van der Waals surface area contributed by atoms with Crippen LogP contribution in [-0.4, -0.2) is 61.1 Å². The predicted molar refractivity (Wildman–Crippen MR) is 105 cm³/mol. The number of nitrogens with zero attached hydrogens (tertiary/aromatic N) is 4. The van der Waals surface area contributed by atoms with Gasteiger partial charge in [0.15, 0.2) is 0 Å². The van der Waals surface area contributed by atoms with E-state index in [-0.39, 0.29) is 0 Å². The van der Waals surface area contributed by atoms with E-state index in [0.29, 0.717) is 0 Å². The Morgan fingerprint density at radius 3 is 2.28 bits per heavy atom. The maximum atomic E-state index is 4.58. The molecule has 0 radical (unpaired) electrons. The molecule has 0 bridgehead atoms. The topological polar surface area (TPSA) is 22.6 Å². The Balaban J connectivity index is 1.41. The summed E-state index contributed by atoms with van der Waals surface area (Å²) in [5.74, 6) is 1.05. The number of rotatable bonds is 7. The minimum Gasteiger partial charge on any atom is -0.360 e. The second-order valence-corrected chi connectivity index (χ2v) is 6.89. The molecular weight excluding hydrogens is 308 g/mol. The number of piperazine rings is 1. The molecule has 1 aromatic heterocycles. The van der Waals surface area contributed by atoms with Gasteiger partial charge in [0.25, 0.3) is 0 Å². The minimum atomic E-state index is 0.983. The molecule has 0 N–H and O–H groups in total. The van der Waals surface area contributed by atoms with Crippen molar-refractivity contribution < 1.29 is 0 Å². The van der Waals surface area contributed by atoms with Gasteiger partial charge in [0.2, 0.25) is 0 Å². The summed E-state index contributed by atoms with van der Waals surface area (Å²) in [5.41, 5.74) is 2.75. The van der Waals surface area contributed by atoms with Crippen molar-refractivity contribution in [1.82, 2.24) is 14.8 Å². The molecule has 0 amide bonds. The molecule has 0 aliphatic carbocycles. The number of aromatic nitrogens is 1. The van der Waals surface area contributed by atoms with Crippen LogP contribution in [-0.2, 0) is 13.0 Å². The van der Waals surface area contributed by atoms with Crippen LogP contribution < -0.4 is 4.90 Å². The highest BCUT2D eigenvalue weighted by Gasteiger charge is 2.16. The van der Waals surface area contributed by atoms with E-state index in [4.69, 9.17) is 0 Å². The van der Waals surface area contributed by atoms with Gasteiger partial charge in [-0.15, -0.1) is 0 Å². The number of hydrogen-bond donors (Lipinski definition) is 0. The largest absolute Gasteiger partial charge is 0.360 e. The smallest absolute Gasteiger partial charge is 0.128 e. The standard InChI is InChI=1S/C21H30N4/c1-3-23(2)21-10-9-20(17-22-21)18-25-15-13-24(14-16-25)12-11-19-7-5-4-6-8-19/h4-10,17H,3,11-16,18H2,1-2H3. The highest BCUT2D eigenvalue weighted by molar-refractivity contribution is 5.37. The molecule has 0 spiro atoms. The van der Waals surface area contributed by atoms with Crippen LogP contribution in [0.3, 0.4) is 0 Å². The zero-order chi connectivity index (χ0) is 17.5. The van der Waals surface area contributed by atoms with E-state index in [1.165, 1.54) is 11.1 Å². The lowest BCUT2D eigenvalue weighted by atomic mass is 10.1. The van der Waals surface area contributed by atoms with Crippen LogP contribution in [0.5, 0.6) is 0 Å². The molecule has 4 nitrogen and oxygen atoms in total. The average molecular weight is 338 g/mol. The van der Waals surface area contributed by atoms with Gasteiger partial charge in [-0.05, 0) is 30.5 Å². The van der Waals surface area contributed by atoms with Crippen LogP contribution in [0.4, 0.5) is 5.82 Å². The first-order valence-electron chi connectivity index (χ1n) is 9.39. The Morgan fingerprint density at radius 2 is 1.64 bits per heavy atom. The molecule has 0 saturated carbocycles. The summed E-state index contributed by atoms with van der Waals surface area (Å²) >= 11 is 0. The van der Waals surface area contributed by atoms with Gasteiger partial charge in [-0.25, -0.2) is 4.98 Å². The van der Waals surface area contributed by atoms with Crippen molar-refractivity contribution in [3.63, 3.8) is 0 Å². The summed E-state index contributed by atoms with van der Waals surface area (Å²) in [5, 5.41) is 0.